The highest BCUT2D eigenvalue weighted by Crippen LogP contribution is 2.50. The van der Waals surface area contributed by atoms with Crippen LogP contribution >= 0.6 is 0 Å². The van der Waals surface area contributed by atoms with Gasteiger partial charge in [0.15, 0.2) is 0 Å². The molecule has 0 fully saturated rings. The van der Waals surface area contributed by atoms with Crippen LogP contribution in [-0.2, 0) is 0 Å². The highest BCUT2D eigenvalue weighted by Gasteiger charge is 2.26. The molecule has 47 heavy (non-hydrogen) atoms. The fourth-order valence-electron chi connectivity index (χ4n) is 7.11. The van der Waals surface area contributed by atoms with Crippen molar-refractivity contribution in [2.45, 2.75) is 0 Å². The van der Waals surface area contributed by atoms with E-state index in [1.165, 1.54) is 43.4 Å². The standard InChI is InChI=1S/C46H30O/c1-3-15-33(16-4-1)44-43(34-28-26-32(27-29-34)38-25-13-20-31-14-7-9-21-37(31)38)45(35-17-5-2-6-18-35)47-46(44)42-30-36-19-8-10-22-39(36)40-23-11-12-24-41(40)42/h1-30H. The first-order valence-electron chi connectivity index (χ1n) is 16.1. The molecule has 1 heterocycles. The monoisotopic (exact) mass is 598 g/mol. The van der Waals surface area contributed by atoms with Crippen LogP contribution in [0.1, 0.15) is 0 Å². The summed E-state index contributed by atoms with van der Waals surface area (Å²) in [6, 6.07) is 64.9. The van der Waals surface area contributed by atoms with Gasteiger partial charge in [0.2, 0.25) is 0 Å². The fraction of sp³-hybridized carbons (Fsp3) is 0. The molecular formula is C46H30O. The Morgan fingerprint density at radius 2 is 0.787 bits per heavy atom. The zero-order valence-electron chi connectivity index (χ0n) is 25.7. The minimum absolute atomic E-state index is 0.870. The maximum atomic E-state index is 7.16. The third-order valence-corrected chi connectivity index (χ3v) is 9.29. The fourth-order valence-corrected chi connectivity index (χ4v) is 7.11. The third-order valence-electron chi connectivity index (χ3n) is 9.29. The minimum Gasteiger partial charge on any atom is -0.455 e. The van der Waals surface area contributed by atoms with Gasteiger partial charge < -0.3 is 4.42 Å². The summed E-state index contributed by atoms with van der Waals surface area (Å²) in [6.07, 6.45) is 0. The average molecular weight is 599 g/mol. The lowest BCUT2D eigenvalue weighted by Crippen LogP contribution is -1.88. The van der Waals surface area contributed by atoms with Gasteiger partial charge in [-0.25, -0.2) is 0 Å². The molecule has 0 amide bonds. The summed E-state index contributed by atoms with van der Waals surface area (Å²) in [5, 5.41) is 7.33. The lowest BCUT2D eigenvalue weighted by Gasteiger charge is -2.12. The minimum atomic E-state index is 0.870. The Bertz CT molecular complexity index is 2530. The second-order valence-electron chi connectivity index (χ2n) is 12.0. The SMILES string of the molecule is c1ccc(-c2oc(-c3cc4ccccc4c4ccccc34)c(-c3ccccc3)c2-c2ccc(-c3cccc4ccccc34)cc2)cc1. The van der Waals surface area contributed by atoms with Gasteiger partial charge >= 0.3 is 0 Å². The first-order valence-corrected chi connectivity index (χ1v) is 16.1. The summed E-state index contributed by atoms with van der Waals surface area (Å²) >= 11 is 0. The smallest absolute Gasteiger partial charge is 0.143 e. The number of hydrogen-bond donors (Lipinski definition) is 0. The second kappa shape index (κ2) is 11.3. The van der Waals surface area contributed by atoms with Gasteiger partial charge in [0.25, 0.3) is 0 Å². The Balaban J connectivity index is 1.34. The summed E-state index contributed by atoms with van der Waals surface area (Å²) in [4.78, 5) is 0. The molecule has 0 unspecified atom stereocenters. The van der Waals surface area contributed by atoms with Gasteiger partial charge in [-0.15, -0.1) is 0 Å². The molecule has 0 atom stereocenters. The van der Waals surface area contributed by atoms with Crippen molar-refractivity contribution in [2.75, 3.05) is 0 Å². The summed E-state index contributed by atoms with van der Waals surface area (Å²) in [6.45, 7) is 0. The highest BCUT2D eigenvalue weighted by atomic mass is 16.3. The summed E-state index contributed by atoms with van der Waals surface area (Å²) in [5.74, 6) is 1.75. The van der Waals surface area contributed by atoms with E-state index in [0.717, 1.165) is 44.9 Å². The number of hydrogen-bond acceptors (Lipinski definition) is 1. The van der Waals surface area contributed by atoms with Crippen LogP contribution in [0.15, 0.2) is 186 Å². The Morgan fingerprint density at radius 1 is 0.277 bits per heavy atom. The van der Waals surface area contributed by atoms with Gasteiger partial charge in [-0.05, 0) is 60.6 Å². The predicted octanol–water partition coefficient (Wildman–Crippen LogP) is 13.1. The number of rotatable bonds is 5. The van der Waals surface area contributed by atoms with E-state index in [-0.39, 0.29) is 0 Å². The molecule has 0 aliphatic carbocycles. The van der Waals surface area contributed by atoms with E-state index in [9.17, 15) is 0 Å². The van der Waals surface area contributed by atoms with Crippen LogP contribution < -0.4 is 0 Å². The molecule has 1 nitrogen and oxygen atoms in total. The Kier molecular flexibility index (Phi) is 6.54. The van der Waals surface area contributed by atoms with Crippen molar-refractivity contribution < 1.29 is 4.42 Å². The molecular weight excluding hydrogens is 569 g/mol. The van der Waals surface area contributed by atoms with Crippen LogP contribution in [0.5, 0.6) is 0 Å². The average Bonchev–Trinajstić information content (AvgIpc) is 3.56. The molecule has 0 N–H and O–H groups in total. The molecule has 0 aliphatic heterocycles. The van der Waals surface area contributed by atoms with Crippen molar-refractivity contribution in [2.24, 2.45) is 0 Å². The normalized spacial score (nSPS) is 11.4. The van der Waals surface area contributed by atoms with Crippen LogP contribution in [0.2, 0.25) is 0 Å². The first kappa shape index (κ1) is 27.2. The van der Waals surface area contributed by atoms with E-state index in [2.05, 4.69) is 182 Å². The molecule has 0 radical (unpaired) electrons. The van der Waals surface area contributed by atoms with Crippen LogP contribution in [0.3, 0.4) is 0 Å². The van der Waals surface area contributed by atoms with Gasteiger partial charge in [-0.2, -0.15) is 0 Å². The molecule has 1 heteroatoms. The number of benzene rings is 8. The van der Waals surface area contributed by atoms with Crippen molar-refractivity contribution in [3.8, 4) is 56.0 Å². The molecule has 0 spiro atoms. The van der Waals surface area contributed by atoms with E-state index in [1.54, 1.807) is 0 Å². The van der Waals surface area contributed by atoms with E-state index in [1.807, 2.05) is 0 Å². The number of furan rings is 1. The van der Waals surface area contributed by atoms with E-state index in [4.69, 9.17) is 4.42 Å². The first-order chi connectivity index (χ1) is 23.3. The lowest BCUT2D eigenvalue weighted by atomic mass is 9.88. The van der Waals surface area contributed by atoms with Gasteiger partial charge in [-0.1, -0.05) is 176 Å². The van der Waals surface area contributed by atoms with Gasteiger partial charge in [0.1, 0.15) is 11.5 Å². The Morgan fingerprint density at radius 3 is 1.53 bits per heavy atom. The van der Waals surface area contributed by atoms with E-state index >= 15 is 0 Å². The number of fused-ring (bicyclic) bond motifs is 4. The topological polar surface area (TPSA) is 13.1 Å². The maximum Gasteiger partial charge on any atom is 0.143 e. The van der Waals surface area contributed by atoms with Crippen molar-refractivity contribution in [3.63, 3.8) is 0 Å². The van der Waals surface area contributed by atoms with Crippen molar-refractivity contribution in [1.29, 1.82) is 0 Å². The molecule has 0 aliphatic rings. The molecule has 0 bridgehead atoms. The van der Waals surface area contributed by atoms with Crippen molar-refractivity contribution >= 4 is 32.3 Å². The second-order valence-corrected chi connectivity index (χ2v) is 12.0. The van der Waals surface area contributed by atoms with Crippen molar-refractivity contribution in [3.05, 3.63) is 182 Å². The molecule has 9 rings (SSSR count). The highest BCUT2D eigenvalue weighted by molar-refractivity contribution is 6.15. The molecule has 0 saturated carbocycles. The van der Waals surface area contributed by atoms with Gasteiger partial charge in [-0.3, -0.25) is 0 Å². The third kappa shape index (κ3) is 4.64. The predicted molar refractivity (Wildman–Crippen MR) is 198 cm³/mol. The van der Waals surface area contributed by atoms with Crippen LogP contribution in [0.4, 0.5) is 0 Å². The van der Waals surface area contributed by atoms with Gasteiger partial charge in [0, 0.05) is 22.3 Å². The maximum absolute atomic E-state index is 7.16. The van der Waals surface area contributed by atoms with E-state index in [0.29, 0.717) is 0 Å². The Labute approximate surface area is 274 Å². The van der Waals surface area contributed by atoms with Crippen molar-refractivity contribution in [1.82, 2.24) is 0 Å². The molecule has 220 valence electrons. The zero-order valence-corrected chi connectivity index (χ0v) is 25.7. The molecule has 8 aromatic carbocycles. The van der Waals surface area contributed by atoms with Crippen LogP contribution in [0.25, 0.3) is 88.3 Å². The lowest BCUT2D eigenvalue weighted by molar-refractivity contribution is 0.599. The Hall–Kier alpha value is -6.18. The summed E-state index contributed by atoms with van der Waals surface area (Å²) in [5.41, 5.74) is 9.00. The largest absolute Gasteiger partial charge is 0.455 e. The molecule has 1 aromatic heterocycles. The molecule has 9 aromatic rings. The quantitative estimate of drug-likeness (QED) is 0.180. The zero-order chi connectivity index (χ0) is 31.2. The van der Waals surface area contributed by atoms with E-state index < -0.39 is 0 Å². The van der Waals surface area contributed by atoms with Gasteiger partial charge in [0.05, 0.1) is 0 Å². The molecule has 0 saturated heterocycles. The summed E-state index contributed by atoms with van der Waals surface area (Å²) in [7, 11) is 0. The van der Waals surface area contributed by atoms with Crippen LogP contribution in [0, 0.1) is 0 Å². The summed E-state index contributed by atoms with van der Waals surface area (Å²) < 4.78 is 7.16. The van der Waals surface area contributed by atoms with Crippen LogP contribution in [-0.4, -0.2) is 0 Å².